The molecule has 2 rings (SSSR count). The van der Waals surface area contributed by atoms with E-state index in [9.17, 15) is 4.79 Å². The Kier molecular flexibility index (Phi) is 1.16. The van der Waals surface area contributed by atoms with E-state index in [2.05, 4.69) is 4.98 Å². The summed E-state index contributed by atoms with van der Waals surface area (Å²) in [5.41, 5.74) is 0.432. The summed E-state index contributed by atoms with van der Waals surface area (Å²) in [7, 11) is 0. The van der Waals surface area contributed by atoms with Crippen molar-refractivity contribution in [3.8, 4) is 0 Å². The molecule has 2 heterocycles. The molecule has 1 aliphatic heterocycles. The Morgan fingerprint density at radius 2 is 2.77 bits per heavy atom. The lowest BCUT2D eigenvalue weighted by Crippen LogP contribution is -2.22. The van der Waals surface area contributed by atoms with Crippen LogP contribution in [0, 0.1) is 0 Å². The maximum absolute atomic E-state index is 11.6. The van der Waals surface area contributed by atoms with Crippen molar-refractivity contribution in [3.63, 3.8) is 0 Å². The number of carbonyl (C=O) groups is 1. The average molecular weight is 180 g/mol. The predicted molar refractivity (Wildman–Crippen MR) is 49.0 cm³/mol. The van der Waals surface area contributed by atoms with Gasteiger partial charge in [0.2, 0.25) is 5.91 Å². The molecule has 0 radical (unpaired) electrons. The molecule has 0 unspecified atom stereocenters. The summed E-state index contributed by atoms with van der Waals surface area (Å²) in [6.45, 7) is -2.59. The zero-order chi connectivity index (χ0) is 12.7. The molecule has 1 atom stereocenters. The van der Waals surface area contributed by atoms with Crippen LogP contribution in [0.2, 0.25) is 0 Å². The van der Waals surface area contributed by atoms with Crippen molar-refractivity contribution >= 4 is 5.91 Å². The van der Waals surface area contributed by atoms with E-state index in [4.69, 9.17) is 5.48 Å². The van der Waals surface area contributed by atoms with E-state index in [0.29, 0.717) is 10.5 Å². The number of carbonyl (C=O) groups excluding carboxylic acids is 1. The lowest BCUT2D eigenvalue weighted by atomic mass is 10.1. The molecule has 0 aromatic carbocycles. The summed E-state index contributed by atoms with van der Waals surface area (Å²) < 4.78 is 30.4. The van der Waals surface area contributed by atoms with E-state index in [1.165, 1.54) is 6.20 Å². The van der Waals surface area contributed by atoms with Gasteiger partial charge in [-0.05, 0) is 18.1 Å². The highest BCUT2D eigenvalue weighted by molar-refractivity contribution is 5.78. The number of hydrogen-bond donors (Lipinski definition) is 0. The highest BCUT2D eigenvalue weighted by Gasteiger charge is 2.28. The topological polar surface area (TPSA) is 33.2 Å². The fourth-order valence-corrected chi connectivity index (χ4v) is 1.41. The fourth-order valence-electron chi connectivity index (χ4n) is 1.41. The number of hydrogen-bond acceptors (Lipinski definition) is 2. The Bertz CT molecular complexity index is 434. The Hall–Kier alpha value is -1.38. The first kappa shape index (κ1) is 4.74. The number of nitrogens with zero attached hydrogens (tertiary/aromatic N) is 2. The molecule has 13 heavy (non-hydrogen) atoms. The van der Waals surface area contributed by atoms with E-state index in [1.54, 1.807) is 18.3 Å². The van der Waals surface area contributed by atoms with Gasteiger partial charge < -0.3 is 4.90 Å². The van der Waals surface area contributed by atoms with Crippen LogP contribution in [-0.4, -0.2) is 22.8 Å². The molecular formula is C10H12N2O. The van der Waals surface area contributed by atoms with Crippen molar-refractivity contribution in [2.24, 2.45) is 0 Å². The molecule has 1 aromatic heterocycles. The highest BCUT2D eigenvalue weighted by Crippen LogP contribution is 2.30. The van der Waals surface area contributed by atoms with E-state index >= 15 is 0 Å². The van der Waals surface area contributed by atoms with Crippen LogP contribution < -0.4 is 0 Å². The minimum Gasteiger partial charge on any atom is -0.339 e. The minimum atomic E-state index is -2.59. The molecule has 68 valence electrons. The number of amides is 1. The summed E-state index contributed by atoms with van der Waals surface area (Å²) >= 11 is 0. The summed E-state index contributed by atoms with van der Waals surface area (Å²) in [5.74, 6) is -0.510. The number of likely N-dealkylation sites (tertiary alicyclic amines) is 1. The van der Waals surface area contributed by atoms with Crippen molar-refractivity contribution in [1.29, 1.82) is 0 Å². The van der Waals surface area contributed by atoms with Gasteiger partial charge in [-0.3, -0.25) is 9.78 Å². The molecule has 0 spiro atoms. The second-order valence-corrected chi connectivity index (χ2v) is 2.92. The van der Waals surface area contributed by atoms with Gasteiger partial charge in [0.1, 0.15) is 0 Å². The predicted octanol–water partition coefficient (Wildman–Crippen LogP) is 1.37. The Morgan fingerprint density at radius 1 is 1.85 bits per heavy atom. The molecule has 1 saturated heterocycles. The van der Waals surface area contributed by atoms with Crippen LogP contribution in [0.25, 0.3) is 0 Å². The second kappa shape index (κ2) is 3.17. The maximum atomic E-state index is 11.6. The summed E-state index contributed by atoms with van der Waals surface area (Å²) in [5, 5.41) is 0. The van der Waals surface area contributed by atoms with Gasteiger partial charge in [0.15, 0.2) is 0 Å². The first-order valence-electron chi connectivity index (χ1n) is 6.09. The maximum Gasteiger partial charge on any atom is 0.222 e. The average Bonchev–Trinajstić information content (AvgIpc) is 2.57. The Balaban J connectivity index is 2.47. The van der Waals surface area contributed by atoms with Crippen molar-refractivity contribution in [2.45, 2.75) is 18.9 Å². The molecular weight excluding hydrogens is 164 g/mol. The van der Waals surface area contributed by atoms with E-state index in [0.717, 1.165) is 0 Å². The summed E-state index contributed by atoms with van der Waals surface area (Å²) in [6, 6.07) is 1.72. The Morgan fingerprint density at radius 3 is 3.46 bits per heavy atom. The van der Waals surface area contributed by atoms with Crippen molar-refractivity contribution in [1.82, 2.24) is 9.88 Å². The molecule has 3 heteroatoms. The van der Waals surface area contributed by atoms with Gasteiger partial charge in [-0.15, -0.1) is 0 Å². The minimum absolute atomic E-state index is 0.0801. The van der Waals surface area contributed by atoms with Crippen LogP contribution in [0.3, 0.4) is 0 Å². The molecule has 3 nitrogen and oxygen atoms in total. The lowest BCUT2D eigenvalue weighted by Gasteiger charge is -2.19. The molecule has 0 aliphatic carbocycles. The number of rotatable bonds is 1. The van der Waals surface area contributed by atoms with E-state index in [1.807, 2.05) is 0 Å². The first-order valence-corrected chi connectivity index (χ1v) is 4.09. The van der Waals surface area contributed by atoms with Gasteiger partial charge in [-0.2, -0.15) is 0 Å². The third kappa shape index (κ3) is 1.41. The van der Waals surface area contributed by atoms with Crippen LogP contribution >= 0.6 is 0 Å². The Labute approximate surface area is 83.0 Å². The highest BCUT2D eigenvalue weighted by atomic mass is 16.2. The van der Waals surface area contributed by atoms with Gasteiger partial charge >= 0.3 is 0 Å². The smallest absolute Gasteiger partial charge is 0.222 e. The summed E-state index contributed by atoms with van der Waals surface area (Å²) in [6.07, 6.45) is 3.24. The van der Waals surface area contributed by atoms with Crippen LogP contribution in [0.5, 0.6) is 0 Å². The lowest BCUT2D eigenvalue weighted by molar-refractivity contribution is -0.127. The molecule has 0 saturated carbocycles. The van der Waals surface area contributed by atoms with Gasteiger partial charge in [0.25, 0.3) is 0 Å². The standard InChI is InChI=1S/C10H12N2O/c1-12-9(4-5-10(12)13)8-3-2-6-11-7-8/h2-3,6-7,9H,4-5H2,1H3/t9-/m0/s1/i1D3,9D. The third-order valence-corrected chi connectivity index (χ3v) is 2.09. The fraction of sp³-hybridized carbons (Fsp3) is 0.400. The van der Waals surface area contributed by atoms with Crippen LogP contribution in [0.1, 0.15) is 29.9 Å². The summed E-state index contributed by atoms with van der Waals surface area (Å²) in [4.78, 5) is 16.2. The first-order chi connectivity index (χ1) is 7.86. The quantitative estimate of drug-likeness (QED) is 0.654. The van der Waals surface area contributed by atoms with Crippen LogP contribution in [0.15, 0.2) is 24.5 Å². The monoisotopic (exact) mass is 180 g/mol. The van der Waals surface area contributed by atoms with Gasteiger partial charge in [-0.1, -0.05) is 6.07 Å². The molecule has 1 amide bonds. The van der Waals surface area contributed by atoms with Gasteiger partial charge in [0, 0.05) is 29.9 Å². The van der Waals surface area contributed by atoms with E-state index in [-0.39, 0.29) is 12.8 Å². The van der Waals surface area contributed by atoms with Crippen molar-refractivity contribution in [3.05, 3.63) is 30.1 Å². The normalized spacial score (nSPS) is 33.5. The third-order valence-electron chi connectivity index (χ3n) is 2.09. The van der Waals surface area contributed by atoms with E-state index < -0.39 is 18.9 Å². The van der Waals surface area contributed by atoms with Crippen molar-refractivity contribution < 1.29 is 10.3 Å². The second-order valence-electron chi connectivity index (χ2n) is 2.92. The number of pyridine rings is 1. The molecule has 1 aromatic rings. The van der Waals surface area contributed by atoms with Crippen LogP contribution in [0.4, 0.5) is 0 Å². The molecule has 1 aliphatic rings. The van der Waals surface area contributed by atoms with Crippen molar-refractivity contribution in [2.75, 3.05) is 6.98 Å². The van der Waals surface area contributed by atoms with Crippen LogP contribution in [-0.2, 0) is 4.79 Å². The SMILES string of the molecule is [2H]C([2H])([2H])N1C(=O)CC[C@@]1([2H])c1cccnc1. The van der Waals surface area contributed by atoms with Gasteiger partial charge in [0.05, 0.1) is 7.39 Å². The zero-order valence-electron chi connectivity index (χ0n) is 11.0. The zero-order valence-corrected chi connectivity index (χ0v) is 7.03. The number of aromatic nitrogens is 1. The van der Waals surface area contributed by atoms with Gasteiger partial charge in [-0.25, -0.2) is 0 Å². The molecule has 0 N–H and O–H groups in total. The molecule has 0 bridgehead atoms. The molecule has 1 fully saturated rings. The largest absolute Gasteiger partial charge is 0.339 e.